The molecule has 0 saturated heterocycles. The second-order valence-corrected chi connectivity index (χ2v) is 2.72. The van der Waals surface area contributed by atoms with Gasteiger partial charge < -0.3 is 4.98 Å². The van der Waals surface area contributed by atoms with E-state index in [4.69, 9.17) is 5.26 Å². The lowest BCUT2D eigenvalue weighted by Gasteiger charge is -1.92. The van der Waals surface area contributed by atoms with Gasteiger partial charge >= 0.3 is 0 Å². The lowest BCUT2D eigenvalue weighted by Crippen LogP contribution is -1.84. The SMILES string of the molecule is N#Cc1ccc(-c2[nH]ncc2C=O)[nH]1. The molecule has 68 valence electrons. The van der Waals surface area contributed by atoms with Crippen molar-refractivity contribution in [3.63, 3.8) is 0 Å². The number of rotatable bonds is 2. The minimum Gasteiger partial charge on any atom is -0.345 e. The predicted molar refractivity (Wildman–Crippen MR) is 48.5 cm³/mol. The van der Waals surface area contributed by atoms with Crippen LogP contribution in [0.5, 0.6) is 0 Å². The number of H-pyrrole nitrogens is 2. The van der Waals surface area contributed by atoms with E-state index in [9.17, 15) is 4.79 Å². The maximum absolute atomic E-state index is 10.6. The molecule has 0 unspecified atom stereocenters. The summed E-state index contributed by atoms with van der Waals surface area (Å²) in [5.41, 5.74) is 2.20. The fourth-order valence-corrected chi connectivity index (χ4v) is 1.21. The molecular formula is C9H6N4O. The van der Waals surface area contributed by atoms with Crippen molar-refractivity contribution in [3.8, 4) is 17.5 Å². The van der Waals surface area contributed by atoms with Crippen LogP contribution in [0.4, 0.5) is 0 Å². The number of nitriles is 1. The molecule has 0 aromatic carbocycles. The molecule has 2 heterocycles. The highest BCUT2D eigenvalue weighted by molar-refractivity contribution is 5.84. The summed E-state index contributed by atoms with van der Waals surface area (Å²) in [5.74, 6) is 0. The number of hydrogen-bond donors (Lipinski definition) is 2. The van der Waals surface area contributed by atoms with Crippen molar-refractivity contribution in [3.05, 3.63) is 29.6 Å². The summed E-state index contributed by atoms with van der Waals surface area (Å²) in [6, 6.07) is 5.33. The largest absolute Gasteiger partial charge is 0.345 e. The highest BCUT2D eigenvalue weighted by Gasteiger charge is 2.08. The molecule has 5 nitrogen and oxygen atoms in total. The number of carbonyl (C=O) groups excluding carboxylic acids is 1. The van der Waals surface area contributed by atoms with Crippen molar-refractivity contribution in [2.24, 2.45) is 0 Å². The molecule has 0 radical (unpaired) electrons. The van der Waals surface area contributed by atoms with E-state index in [-0.39, 0.29) is 0 Å². The molecule has 0 spiro atoms. The van der Waals surface area contributed by atoms with Gasteiger partial charge in [-0.3, -0.25) is 9.89 Å². The number of nitrogens with zero attached hydrogens (tertiary/aromatic N) is 2. The number of nitrogens with one attached hydrogen (secondary N) is 2. The molecule has 0 aliphatic carbocycles. The van der Waals surface area contributed by atoms with Crippen LogP contribution in [0.15, 0.2) is 18.3 Å². The first kappa shape index (κ1) is 8.26. The molecule has 2 rings (SSSR count). The van der Waals surface area contributed by atoms with Crippen LogP contribution in [0.1, 0.15) is 16.1 Å². The summed E-state index contributed by atoms with van der Waals surface area (Å²) in [7, 11) is 0. The Kier molecular flexibility index (Phi) is 1.88. The first-order chi connectivity index (χ1) is 6.85. The van der Waals surface area contributed by atoms with E-state index in [0.29, 0.717) is 28.9 Å². The zero-order valence-electron chi connectivity index (χ0n) is 7.11. The Morgan fingerprint density at radius 1 is 1.50 bits per heavy atom. The molecule has 2 aromatic rings. The van der Waals surface area contributed by atoms with E-state index in [0.717, 1.165) is 0 Å². The average Bonchev–Trinajstić information content (AvgIpc) is 2.85. The van der Waals surface area contributed by atoms with E-state index in [2.05, 4.69) is 15.2 Å². The molecule has 5 heteroatoms. The molecule has 0 bridgehead atoms. The first-order valence-corrected chi connectivity index (χ1v) is 3.93. The topological polar surface area (TPSA) is 85.3 Å². The van der Waals surface area contributed by atoms with Crippen LogP contribution in [0.25, 0.3) is 11.4 Å². The summed E-state index contributed by atoms with van der Waals surface area (Å²) in [6.45, 7) is 0. The second-order valence-electron chi connectivity index (χ2n) is 2.72. The Hall–Kier alpha value is -2.35. The van der Waals surface area contributed by atoms with E-state index in [1.807, 2.05) is 6.07 Å². The molecular weight excluding hydrogens is 180 g/mol. The van der Waals surface area contributed by atoms with Gasteiger partial charge in [0.1, 0.15) is 11.8 Å². The van der Waals surface area contributed by atoms with Crippen molar-refractivity contribution >= 4 is 6.29 Å². The molecule has 2 N–H and O–H groups in total. The third-order valence-corrected chi connectivity index (χ3v) is 1.87. The van der Waals surface area contributed by atoms with Gasteiger partial charge in [0, 0.05) is 0 Å². The molecule has 0 atom stereocenters. The normalized spacial score (nSPS) is 9.64. The molecule has 14 heavy (non-hydrogen) atoms. The third kappa shape index (κ3) is 1.19. The van der Waals surface area contributed by atoms with Gasteiger partial charge in [0.05, 0.1) is 23.1 Å². The minimum atomic E-state index is 0.450. The monoisotopic (exact) mass is 186 g/mol. The van der Waals surface area contributed by atoms with E-state index >= 15 is 0 Å². The predicted octanol–water partition coefficient (Wildman–Crippen LogP) is 1.09. The summed E-state index contributed by atoms with van der Waals surface area (Å²) >= 11 is 0. The Morgan fingerprint density at radius 2 is 2.36 bits per heavy atom. The van der Waals surface area contributed by atoms with Crippen LogP contribution < -0.4 is 0 Å². The number of aldehydes is 1. The lowest BCUT2D eigenvalue weighted by atomic mass is 10.2. The first-order valence-electron chi connectivity index (χ1n) is 3.93. The number of carbonyl (C=O) groups is 1. The quantitative estimate of drug-likeness (QED) is 0.688. The standard InChI is InChI=1S/C9H6N4O/c10-3-7-1-2-8(12-7)9-6(5-14)4-11-13-9/h1-2,4-5,12H,(H,11,13). The number of aromatic nitrogens is 3. The fraction of sp³-hybridized carbons (Fsp3) is 0. The van der Waals surface area contributed by atoms with E-state index in [1.165, 1.54) is 6.20 Å². The molecule has 2 aromatic heterocycles. The van der Waals surface area contributed by atoms with Gasteiger partial charge in [0.2, 0.25) is 0 Å². The lowest BCUT2D eigenvalue weighted by molar-refractivity contribution is 0.112. The second kappa shape index (κ2) is 3.18. The van der Waals surface area contributed by atoms with Crippen molar-refractivity contribution in [1.82, 2.24) is 15.2 Å². The van der Waals surface area contributed by atoms with Crippen molar-refractivity contribution in [2.45, 2.75) is 0 Å². The van der Waals surface area contributed by atoms with Gasteiger partial charge in [0.25, 0.3) is 0 Å². The van der Waals surface area contributed by atoms with Crippen molar-refractivity contribution < 1.29 is 4.79 Å². The summed E-state index contributed by atoms with van der Waals surface area (Å²) < 4.78 is 0. The van der Waals surface area contributed by atoms with Gasteiger partial charge in [-0.05, 0) is 12.1 Å². The van der Waals surface area contributed by atoms with E-state index < -0.39 is 0 Å². The van der Waals surface area contributed by atoms with Crippen molar-refractivity contribution in [1.29, 1.82) is 5.26 Å². The number of aromatic amines is 2. The molecule has 0 aliphatic rings. The molecule has 0 amide bonds. The van der Waals surface area contributed by atoms with Crippen LogP contribution in [-0.2, 0) is 0 Å². The van der Waals surface area contributed by atoms with Crippen LogP contribution in [0, 0.1) is 11.3 Å². The Bertz CT molecular complexity index is 503. The Morgan fingerprint density at radius 3 is 3.00 bits per heavy atom. The van der Waals surface area contributed by atoms with Gasteiger partial charge in [-0.15, -0.1) is 0 Å². The van der Waals surface area contributed by atoms with Crippen LogP contribution in [0.2, 0.25) is 0 Å². The summed E-state index contributed by atoms with van der Waals surface area (Å²) in [4.78, 5) is 13.4. The average molecular weight is 186 g/mol. The van der Waals surface area contributed by atoms with Crippen LogP contribution in [0.3, 0.4) is 0 Å². The van der Waals surface area contributed by atoms with Gasteiger partial charge in [0.15, 0.2) is 6.29 Å². The smallest absolute Gasteiger partial charge is 0.153 e. The minimum absolute atomic E-state index is 0.450. The zero-order chi connectivity index (χ0) is 9.97. The van der Waals surface area contributed by atoms with Gasteiger partial charge in [-0.25, -0.2) is 0 Å². The maximum atomic E-state index is 10.6. The summed E-state index contributed by atoms with van der Waals surface area (Å²) in [5, 5.41) is 15.0. The fourth-order valence-electron chi connectivity index (χ4n) is 1.21. The van der Waals surface area contributed by atoms with Gasteiger partial charge in [-0.1, -0.05) is 0 Å². The highest BCUT2D eigenvalue weighted by atomic mass is 16.1. The maximum Gasteiger partial charge on any atom is 0.153 e. The zero-order valence-corrected chi connectivity index (χ0v) is 7.11. The Labute approximate surface area is 79.4 Å². The molecule has 0 saturated carbocycles. The third-order valence-electron chi connectivity index (χ3n) is 1.87. The molecule has 0 aliphatic heterocycles. The van der Waals surface area contributed by atoms with E-state index in [1.54, 1.807) is 12.1 Å². The number of hydrogen-bond acceptors (Lipinski definition) is 3. The van der Waals surface area contributed by atoms with Gasteiger partial charge in [-0.2, -0.15) is 10.4 Å². The Balaban J connectivity index is 2.49. The van der Waals surface area contributed by atoms with Crippen LogP contribution in [-0.4, -0.2) is 21.5 Å². The highest BCUT2D eigenvalue weighted by Crippen LogP contribution is 2.18. The van der Waals surface area contributed by atoms with Crippen molar-refractivity contribution in [2.75, 3.05) is 0 Å². The summed E-state index contributed by atoms with van der Waals surface area (Å²) in [6.07, 6.45) is 2.15. The molecule has 0 fully saturated rings. The van der Waals surface area contributed by atoms with Crippen LogP contribution >= 0.6 is 0 Å².